The quantitative estimate of drug-likeness (QED) is 0.707. The van der Waals surface area contributed by atoms with Gasteiger partial charge in [-0.15, -0.1) is 0 Å². The number of para-hydroxylation sites is 1. The summed E-state index contributed by atoms with van der Waals surface area (Å²) >= 11 is 0. The zero-order chi connectivity index (χ0) is 19.7. The lowest BCUT2D eigenvalue weighted by atomic mass is 9.99. The van der Waals surface area contributed by atoms with Gasteiger partial charge >= 0.3 is 0 Å². The van der Waals surface area contributed by atoms with E-state index in [-0.39, 0.29) is 23.2 Å². The van der Waals surface area contributed by atoms with Crippen LogP contribution in [0.2, 0.25) is 0 Å². The minimum Gasteiger partial charge on any atom is -0.493 e. The van der Waals surface area contributed by atoms with E-state index in [9.17, 15) is 13.2 Å². The van der Waals surface area contributed by atoms with Crippen LogP contribution < -0.4 is 14.8 Å². The highest BCUT2D eigenvalue weighted by atomic mass is 32.2. The molecule has 2 N–H and O–H groups in total. The van der Waals surface area contributed by atoms with E-state index in [1.54, 1.807) is 12.1 Å². The number of carbonyl (C=O) groups is 1. The number of fused-ring (bicyclic) bond motifs is 2. The Balaban J connectivity index is 1.71. The summed E-state index contributed by atoms with van der Waals surface area (Å²) in [6, 6.07) is 18.3. The molecule has 0 bridgehead atoms. The van der Waals surface area contributed by atoms with Crippen LogP contribution in [0.4, 0.5) is 5.69 Å². The Morgan fingerprint density at radius 2 is 1.71 bits per heavy atom. The zero-order valence-corrected chi connectivity index (χ0v) is 16.1. The summed E-state index contributed by atoms with van der Waals surface area (Å²) in [6.07, 6.45) is 1.71. The molecule has 0 fully saturated rings. The molecule has 3 aromatic rings. The Bertz CT molecular complexity index is 1160. The third-order valence-corrected chi connectivity index (χ3v) is 5.28. The lowest BCUT2D eigenvalue weighted by Crippen LogP contribution is -2.32. The Hall–Kier alpha value is -3.06. The van der Waals surface area contributed by atoms with Crippen LogP contribution in [-0.2, 0) is 10.0 Å². The highest BCUT2D eigenvalue weighted by Gasteiger charge is 2.24. The predicted octanol–water partition coefficient (Wildman–Crippen LogP) is 3.46. The molecule has 4 rings (SSSR count). The molecule has 1 atom stereocenters. The Morgan fingerprint density at radius 1 is 1.04 bits per heavy atom. The van der Waals surface area contributed by atoms with Crippen LogP contribution in [-0.4, -0.2) is 27.2 Å². The summed E-state index contributed by atoms with van der Waals surface area (Å²) in [6.45, 7) is 0.508. The summed E-state index contributed by atoms with van der Waals surface area (Å²) in [4.78, 5) is 13.1. The molecule has 0 saturated carbocycles. The van der Waals surface area contributed by atoms with E-state index in [0.717, 1.165) is 28.3 Å². The molecule has 1 aliphatic heterocycles. The summed E-state index contributed by atoms with van der Waals surface area (Å²) in [5, 5.41) is 4.74. The van der Waals surface area contributed by atoms with Crippen LogP contribution in [0.5, 0.6) is 5.75 Å². The first-order valence-corrected chi connectivity index (χ1v) is 10.8. The van der Waals surface area contributed by atoms with Gasteiger partial charge in [0.2, 0.25) is 10.0 Å². The molecule has 1 aliphatic rings. The molecule has 6 nitrogen and oxygen atoms in total. The molecule has 28 heavy (non-hydrogen) atoms. The minimum atomic E-state index is -3.53. The van der Waals surface area contributed by atoms with Crippen molar-refractivity contribution in [3.8, 4) is 5.75 Å². The molecular weight excluding hydrogens is 376 g/mol. The summed E-state index contributed by atoms with van der Waals surface area (Å²) in [7, 11) is -3.53. The van der Waals surface area contributed by atoms with Crippen molar-refractivity contribution in [2.45, 2.75) is 12.5 Å². The number of carbonyl (C=O) groups excluding carboxylic acids is 1. The molecule has 0 aliphatic carbocycles. The number of benzene rings is 3. The van der Waals surface area contributed by atoms with Gasteiger partial charge in [0.1, 0.15) is 5.75 Å². The van der Waals surface area contributed by atoms with E-state index < -0.39 is 10.0 Å². The number of nitrogens with one attached hydrogen (secondary N) is 2. The molecule has 0 radical (unpaired) electrons. The van der Waals surface area contributed by atoms with Gasteiger partial charge in [-0.3, -0.25) is 9.52 Å². The zero-order valence-electron chi connectivity index (χ0n) is 15.3. The number of amides is 1. The average molecular weight is 396 g/mol. The van der Waals surface area contributed by atoms with Crippen molar-refractivity contribution in [1.29, 1.82) is 0 Å². The highest BCUT2D eigenvalue weighted by molar-refractivity contribution is 7.92. The summed E-state index contributed by atoms with van der Waals surface area (Å²) in [5.74, 6) is 0.422. The van der Waals surface area contributed by atoms with E-state index in [1.807, 2.05) is 48.5 Å². The SMILES string of the molecule is CS(=O)(=O)Nc1cc2ccccc2cc1C(=O)NC1CCOc2ccccc21. The van der Waals surface area contributed by atoms with Gasteiger partial charge < -0.3 is 10.1 Å². The van der Waals surface area contributed by atoms with Crippen molar-refractivity contribution in [2.24, 2.45) is 0 Å². The highest BCUT2D eigenvalue weighted by Crippen LogP contribution is 2.32. The first-order valence-electron chi connectivity index (χ1n) is 8.94. The second-order valence-electron chi connectivity index (χ2n) is 6.82. The molecule has 1 amide bonds. The molecule has 7 heteroatoms. The second kappa shape index (κ2) is 7.16. The van der Waals surface area contributed by atoms with Gasteiger partial charge in [-0.05, 0) is 29.0 Å². The van der Waals surface area contributed by atoms with E-state index in [1.165, 1.54) is 0 Å². The van der Waals surface area contributed by atoms with Crippen molar-refractivity contribution in [2.75, 3.05) is 17.6 Å². The first kappa shape index (κ1) is 18.3. The van der Waals surface area contributed by atoms with Crippen molar-refractivity contribution in [3.63, 3.8) is 0 Å². The van der Waals surface area contributed by atoms with Gasteiger partial charge in [-0.2, -0.15) is 0 Å². The molecule has 0 spiro atoms. The van der Waals surface area contributed by atoms with Gasteiger partial charge in [-0.25, -0.2) is 8.42 Å². The van der Waals surface area contributed by atoms with E-state index in [0.29, 0.717) is 13.0 Å². The maximum atomic E-state index is 13.1. The van der Waals surface area contributed by atoms with Crippen molar-refractivity contribution in [1.82, 2.24) is 5.32 Å². The molecule has 144 valence electrons. The van der Waals surface area contributed by atoms with Crippen LogP contribution >= 0.6 is 0 Å². The van der Waals surface area contributed by atoms with Crippen LogP contribution in [0.15, 0.2) is 60.7 Å². The number of anilines is 1. The van der Waals surface area contributed by atoms with Crippen LogP contribution in [0, 0.1) is 0 Å². The number of hydrogen-bond acceptors (Lipinski definition) is 4. The maximum Gasteiger partial charge on any atom is 0.253 e. The molecule has 3 aromatic carbocycles. The van der Waals surface area contributed by atoms with Crippen molar-refractivity contribution >= 4 is 32.4 Å². The van der Waals surface area contributed by atoms with Gasteiger partial charge in [0.15, 0.2) is 0 Å². The van der Waals surface area contributed by atoms with Crippen molar-refractivity contribution in [3.05, 3.63) is 71.8 Å². The standard InChI is InChI=1S/C21H20N2O4S/c1-28(25,26)23-19-13-15-7-3-2-6-14(15)12-17(19)21(24)22-18-10-11-27-20-9-5-4-8-16(18)20/h2-9,12-13,18,23H,10-11H2,1H3,(H,22,24). The Morgan fingerprint density at radius 3 is 2.46 bits per heavy atom. The third-order valence-electron chi connectivity index (χ3n) is 4.69. The fourth-order valence-electron chi connectivity index (χ4n) is 3.44. The fourth-order valence-corrected chi connectivity index (χ4v) is 4.01. The normalized spacial score (nSPS) is 16.1. The van der Waals surface area contributed by atoms with Crippen LogP contribution in [0.25, 0.3) is 10.8 Å². The lowest BCUT2D eigenvalue weighted by molar-refractivity contribution is 0.0926. The smallest absolute Gasteiger partial charge is 0.253 e. The van der Waals surface area contributed by atoms with E-state index in [4.69, 9.17) is 4.74 Å². The monoisotopic (exact) mass is 396 g/mol. The number of ether oxygens (including phenoxy) is 1. The summed E-state index contributed by atoms with van der Waals surface area (Å²) in [5.41, 5.74) is 1.47. The first-order chi connectivity index (χ1) is 13.4. The van der Waals surface area contributed by atoms with Crippen LogP contribution in [0.3, 0.4) is 0 Å². The second-order valence-corrected chi connectivity index (χ2v) is 8.57. The molecule has 0 saturated heterocycles. The maximum absolute atomic E-state index is 13.1. The molecular formula is C21H20N2O4S. The van der Waals surface area contributed by atoms with Gasteiger partial charge in [0.05, 0.1) is 30.2 Å². The number of sulfonamides is 1. The van der Waals surface area contributed by atoms with Gasteiger partial charge in [0, 0.05) is 12.0 Å². The average Bonchev–Trinajstić information content (AvgIpc) is 2.66. The van der Waals surface area contributed by atoms with Crippen LogP contribution in [0.1, 0.15) is 28.4 Å². The largest absolute Gasteiger partial charge is 0.493 e. The van der Waals surface area contributed by atoms with E-state index in [2.05, 4.69) is 10.0 Å². The Kier molecular flexibility index (Phi) is 4.68. The fraction of sp³-hybridized carbons (Fsp3) is 0.190. The van der Waals surface area contributed by atoms with Gasteiger partial charge in [-0.1, -0.05) is 42.5 Å². The molecule has 1 heterocycles. The van der Waals surface area contributed by atoms with Crippen molar-refractivity contribution < 1.29 is 17.9 Å². The topological polar surface area (TPSA) is 84.5 Å². The number of rotatable bonds is 4. The lowest BCUT2D eigenvalue weighted by Gasteiger charge is -2.27. The minimum absolute atomic E-state index is 0.199. The molecule has 0 aromatic heterocycles. The number of hydrogen-bond donors (Lipinski definition) is 2. The van der Waals surface area contributed by atoms with Gasteiger partial charge in [0.25, 0.3) is 5.91 Å². The molecule has 1 unspecified atom stereocenters. The Labute approximate surface area is 163 Å². The summed E-state index contributed by atoms with van der Waals surface area (Å²) < 4.78 is 31.7. The third kappa shape index (κ3) is 3.80. The van der Waals surface area contributed by atoms with E-state index >= 15 is 0 Å². The predicted molar refractivity (Wildman–Crippen MR) is 109 cm³/mol.